The van der Waals surface area contributed by atoms with Gasteiger partial charge in [0.1, 0.15) is 5.82 Å². The van der Waals surface area contributed by atoms with E-state index in [1.165, 1.54) is 10.3 Å². The maximum Gasteiger partial charge on any atom is 0.125 e. The first kappa shape index (κ1) is 10.5. The predicted octanol–water partition coefficient (Wildman–Crippen LogP) is 4.66. The Bertz CT molecular complexity index is 464. The third-order valence-electron chi connectivity index (χ3n) is 2.05. The van der Waals surface area contributed by atoms with Gasteiger partial charge < -0.3 is 0 Å². The van der Waals surface area contributed by atoms with Gasteiger partial charge in [-0.15, -0.1) is 23.1 Å². The third-order valence-corrected chi connectivity index (χ3v) is 4.62. The van der Waals surface area contributed by atoms with Crippen molar-refractivity contribution in [3.63, 3.8) is 0 Å². The van der Waals surface area contributed by atoms with Crippen molar-refractivity contribution >= 4 is 49.1 Å². The van der Waals surface area contributed by atoms with E-state index in [4.69, 9.17) is 0 Å². The highest BCUT2D eigenvalue weighted by Crippen LogP contribution is 2.35. The normalized spacial score (nSPS) is 11.1. The first-order valence-electron chi connectivity index (χ1n) is 4.06. The summed E-state index contributed by atoms with van der Waals surface area (Å²) in [4.78, 5) is 1.03. The van der Waals surface area contributed by atoms with Gasteiger partial charge in [-0.3, -0.25) is 0 Å². The Kier molecular flexibility index (Phi) is 3.14. The molecule has 1 heterocycles. The average Bonchev–Trinajstić information content (AvgIpc) is 2.59. The van der Waals surface area contributed by atoms with E-state index in [2.05, 4.69) is 21.3 Å². The zero-order chi connectivity index (χ0) is 10.1. The SMILES string of the molecule is CSc1cc(F)cc2c(CBr)csc12. The van der Waals surface area contributed by atoms with Gasteiger partial charge in [0, 0.05) is 20.3 Å². The molecule has 0 aliphatic rings. The van der Waals surface area contributed by atoms with Crippen LogP contribution in [0.4, 0.5) is 4.39 Å². The highest BCUT2D eigenvalue weighted by Gasteiger charge is 2.08. The number of fused-ring (bicyclic) bond motifs is 1. The van der Waals surface area contributed by atoms with E-state index in [0.29, 0.717) is 0 Å². The smallest absolute Gasteiger partial charge is 0.125 e. The molecule has 1 aromatic heterocycles. The summed E-state index contributed by atoms with van der Waals surface area (Å²) in [5.74, 6) is -0.151. The Labute approximate surface area is 98.6 Å². The summed E-state index contributed by atoms with van der Waals surface area (Å²) in [6.07, 6.45) is 1.97. The molecule has 2 aromatic rings. The van der Waals surface area contributed by atoms with Crippen molar-refractivity contribution in [1.29, 1.82) is 0 Å². The Morgan fingerprint density at radius 2 is 2.29 bits per heavy atom. The van der Waals surface area contributed by atoms with Crippen molar-refractivity contribution < 1.29 is 4.39 Å². The lowest BCUT2D eigenvalue weighted by molar-refractivity contribution is 0.627. The van der Waals surface area contributed by atoms with Crippen molar-refractivity contribution in [2.45, 2.75) is 10.2 Å². The monoisotopic (exact) mass is 290 g/mol. The fourth-order valence-corrected chi connectivity index (χ4v) is 3.94. The second-order valence-corrected chi connectivity index (χ2v) is 5.17. The summed E-state index contributed by atoms with van der Waals surface area (Å²) in [7, 11) is 0. The summed E-state index contributed by atoms with van der Waals surface area (Å²) in [6, 6.07) is 3.21. The van der Waals surface area contributed by atoms with Gasteiger partial charge in [-0.25, -0.2) is 4.39 Å². The van der Waals surface area contributed by atoms with Crippen LogP contribution >= 0.6 is 39.0 Å². The molecule has 14 heavy (non-hydrogen) atoms. The first-order valence-corrected chi connectivity index (χ1v) is 7.28. The molecule has 0 fully saturated rings. The number of thioether (sulfide) groups is 1. The molecule has 0 N–H and O–H groups in total. The van der Waals surface area contributed by atoms with Crippen LogP contribution in [0.25, 0.3) is 10.1 Å². The molecule has 0 saturated heterocycles. The molecule has 0 saturated carbocycles. The molecule has 0 aliphatic heterocycles. The maximum atomic E-state index is 13.3. The molecule has 0 bridgehead atoms. The second-order valence-electron chi connectivity index (χ2n) is 2.88. The summed E-state index contributed by atoms with van der Waals surface area (Å²) >= 11 is 6.68. The lowest BCUT2D eigenvalue weighted by Crippen LogP contribution is -1.79. The number of alkyl halides is 1. The van der Waals surface area contributed by atoms with E-state index in [-0.39, 0.29) is 5.82 Å². The molecule has 4 heteroatoms. The molecule has 0 atom stereocenters. The number of rotatable bonds is 2. The topological polar surface area (TPSA) is 0 Å². The maximum absolute atomic E-state index is 13.3. The molecule has 0 spiro atoms. The van der Waals surface area contributed by atoms with Crippen LogP contribution in [0, 0.1) is 5.82 Å². The molecule has 0 aliphatic carbocycles. The Balaban J connectivity index is 2.76. The van der Waals surface area contributed by atoms with E-state index in [9.17, 15) is 4.39 Å². The largest absolute Gasteiger partial charge is 0.207 e. The molecule has 74 valence electrons. The van der Waals surface area contributed by atoms with Gasteiger partial charge >= 0.3 is 0 Å². The van der Waals surface area contributed by atoms with Gasteiger partial charge in [0.25, 0.3) is 0 Å². The van der Waals surface area contributed by atoms with Gasteiger partial charge in [0.15, 0.2) is 0 Å². The van der Waals surface area contributed by atoms with Crippen LogP contribution in [0.2, 0.25) is 0 Å². The van der Waals surface area contributed by atoms with Crippen LogP contribution in [0.5, 0.6) is 0 Å². The third kappa shape index (κ3) is 1.71. The summed E-state index contributed by atoms with van der Waals surface area (Å²) in [5.41, 5.74) is 1.17. The number of thiophene rings is 1. The lowest BCUT2D eigenvalue weighted by atomic mass is 10.2. The first-order chi connectivity index (χ1) is 6.76. The molecular formula is C10H8BrFS2. The van der Waals surface area contributed by atoms with Crippen LogP contribution in [0.1, 0.15) is 5.56 Å². The quantitative estimate of drug-likeness (QED) is 0.573. The molecule has 2 rings (SSSR count). The number of benzene rings is 1. The summed E-state index contributed by atoms with van der Waals surface area (Å²) in [6.45, 7) is 0. The fraction of sp³-hybridized carbons (Fsp3) is 0.200. The zero-order valence-corrected chi connectivity index (χ0v) is 10.7. The number of hydrogen-bond donors (Lipinski definition) is 0. The van der Waals surface area contributed by atoms with Gasteiger partial charge in [0.05, 0.1) is 0 Å². The van der Waals surface area contributed by atoms with Crippen molar-refractivity contribution in [2.24, 2.45) is 0 Å². The van der Waals surface area contributed by atoms with Crippen LogP contribution in [0.15, 0.2) is 22.4 Å². The van der Waals surface area contributed by atoms with E-state index < -0.39 is 0 Å². The van der Waals surface area contributed by atoms with Gasteiger partial charge in [-0.05, 0) is 29.3 Å². The summed E-state index contributed by atoms with van der Waals surface area (Å²) in [5, 5.41) is 3.90. The molecular weight excluding hydrogens is 283 g/mol. The van der Waals surface area contributed by atoms with Gasteiger partial charge in [0.2, 0.25) is 0 Å². The van der Waals surface area contributed by atoms with E-state index in [0.717, 1.165) is 15.6 Å². The highest BCUT2D eigenvalue weighted by atomic mass is 79.9. The van der Waals surface area contributed by atoms with Crippen LogP contribution in [-0.4, -0.2) is 6.26 Å². The minimum atomic E-state index is -0.151. The van der Waals surface area contributed by atoms with E-state index in [1.807, 2.05) is 6.26 Å². The minimum Gasteiger partial charge on any atom is -0.207 e. The van der Waals surface area contributed by atoms with E-state index in [1.54, 1.807) is 35.2 Å². The van der Waals surface area contributed by atoms with Crippen LogP contribution in [-0.2, 0) is 5.33 Å². The number of hydrogen-bond acceptors (Lipinski definition) is 2. The van der Waals surface area contributed by atoms with Crippen LogP contribution in [0.3, 0.4) is 0 Å². The van der Waals surface area contributed by atoms with Crippen molar-refractivity contribution in [2.75, 3.05) is 6.26 Å². The average molecular weight is 291 g/mol. The summed E-state index contributed by atoms with van der Waals surface area (Å²) < 4.78 is 14.4. The second kappa shape index (κ2) is 4.21. The minimum absolute atomic E-state index is 0.151. The molecule has 0 amide bonds. The molecule has 0 unspecified atom stereocenters. The number of halogens is 2. The van der Waals surface area contributed by atoms with Gasteiger partial charge in [-0.1, -0.05) is 15.9 Å². The Morgan fingerprint density at radius 3 is 2.93 bits per heavy atom. The standard InChI is InChI=1S/C10H8BrFS2/c1-13-9-3-7(12)2-8-6(4-11)5-14-10(8)9/h2-3,5H,4H2,1H3. The van der Waals surface area contributed by atoms with Crippen LogP contribution < -0.4 is 0 Å². The highest BCUT2D eigenvalue weighted by molar-refractivity contribution is 9.08. The fourth-order valence-electron chi connectivity index (χ4n) is 1.38. The zero-order valence-electron chi connectivity index (χ0n) is 7.51. The van der Waals surface area contributed by atoms with Crippen molar-refractivity contribution in [3.05, 3.63) is 28.9 Å². The molecule has 0 radical (unpaired) electrons. The van der Waals surface area contributed by atoms with Crippen molar-refractivity contribution in [1.82, 2.24) is 0 Å². The van der Waals surface area contributed by atoms with Crippen molar-refractivity contribution in [3.8, 4) is 0 Å². The van der Waals surface area contributed by atoms with Gasteiger partial charge in [-0.2, -0.15) is 0 Å². The Morgan fingerprint density at radius 1 is 1.50 bits per heavy atom. The lowest BCUT2D eigenvalue weighted by Gasteiger charge is -2.00. The predicted molar refractivity (Wildman–Crippen MR) is 66.2 cm³/mol. The molecule has 1 aromatic carbocycles. The Hall–Kier alpha value is -0.0600. The van der Waals surface area contributed by atoms with E-state index >= 15 is 0 Å². The molecule has 0 nitrogen and oxygen atoms in total.